The summed E-state index contributed by atoms with van der Waals surface area (Å²) < 4.78 is 5.06. The highest BCUT2D eigenvalue weighted by Gasteiger charge is 2.28. The molecule has 1 saturated heterocycles. The predicted octanol–water partition coefficient (Wildman–Crippen LogP) is 3.03. The Morgan fingerprint density at radius 3 is 2.47 bits per heavy atom. The topological polar surface area (TPSA) is 66.9 Å². The lowest BCUT2D eigenvalue weighted by atomic mass is 9.97. The molecule has 0 aliphatic carbocycles. The Bertz CT molecular complexity index is 903. The molecular weight excluding hydrogens is 380 g/mol. The molecule has 2 amide bonds. The molecule has 3 rings (SSSR count). The highest BCUT2D eigenvalue weighted by atomic mass is 16.5. The maximum absolute atomic E-state index is 12.6. The summed E-state index contributed by atoms with van der Waals surface area (Å²) in [4.78, 5) is 40.1. The van der Waals surface area contributed by atoms with E-state index in [0.717, 1.165) is 10.9 Å². The Labute approximate surface area is 177 Å². The first kappa shape index (κ1) is 21.8. The maximum atomic E-state index is 12.6. The van der Waals surface area contributed by atoms with Gasteiger partial charge >= 0.3 is 5.97 Å². The molecule has 1 aliphatic heterocycles. The molecule has 2 aromatic rings. The first-order chi connectivity index (χ1) is 14.5. The average Bonchev–Trinajstić information content (AvgIpc) is 2.77. The van der Waals surface area contributed by atoms with Crippen LogP contribution in [0.2, 0.25) is 0 Å². The summed E-state index contributed by atoms with van der Waals surface area (Å²) in [6.07, 6.45) is 2.24. The number of carbonyl (C=O) groups excluding carboxylic acids is 3. The number of rotatable bonds is 7. The molecule has 0 saturated carbocycles. The molecule has 0 atom stereocenters. The summed E-state index contributed by atoms with van der Waals surface area (Å²) in [6, 6.07) is 14.4. The van der Waals surface area contributed by atoms with E-state index in [-0.39, 0.29) is 30.2 Å². The van der Waals surface area contributed by atoms with Gasteiger partial charge in [0.2, 0.25) is 11.8 Å². The number of ether oxygens (including phenoxy) is 1. The normalized spacial score (nSPS) is 14.5. The molecular formula is C24H30N2O4. The van der Waals surface area contributed by atoms with E-state index in [4.69, 9.17) is 4.74 Å². The molecule has 30 heavy (non-hydrogen) atoms. The van der Waals surface area contributed by atoms with Crippen LogP contribution in [-0.2, 0) is 25.5 Å². The Balaban J connectivity index is 1.44. The lowest BCUT2D eigenvalue weighted by Gasteiger charge is -2.32. The average molecular weight is 411 g/mol. The number of benzene rings is 2. The molecule has 160 valence electrons. The molecule has 0 N–H and O–H groups in total. The molecule has 0 unspecified atom stereocenters. The second-order valence-electron chi connectivity index (χ2n) is 7.84. The summed E-state index contributed by atoms with van der Waals surface area (Å²) in [5.41, 5.74) is 1.11. The fourth-order valence-corrected chi connectivity index (χ4v) is 3.85. The third-order valence-corrected chi connectivity index (χ3v) is 5.71. The lowest BCUT2D eigenvalue weighted by molar-refractivity contribution is -0.151. The van der Waals surface area contributed by atoms with Crippen molar-refractivity contribution < 1.29 is 19.1 Å². The Morgan fingerprint density at radius 1 is 1.07 bits per heavy atom. The van der Waals surface area contributed by atoms with Gasteiger partial charge in [-0.3, -0.25) is 14.4 Å². The minimum absolute atomic E-state index is 0.0436. The van der Waals surface area contributed by atoms with Gasteiger partial charge < -0.3 is 14.5 Å². The Hall–Kier alpha value is -2.89. The SMILES string of the molecule is CCOC(=O)C1CCN(C(=O)CN(C)C(=O)CCc2ccc3ccccc3c2)CC1. The monoisotopic (exact) mass is 410 g/mol. The molecule has 6 nitrogen and oxygen atoms in total. The van der Waals surface area contributed by atoms with Crippen molar-refractivity contribution >= 4 is 28.6 Å². The van der Waals surface area contributed by atoms with E-state index < -0.39 is 0 Å². The number of hydrogen-bond donors (Lipinski definition) is 0. The van der Waals surface area contributed by atoms with Crippen molar-refractivity contribution in [2.75, 3.05) is 33.3 Å². The van der Waals surface area contributed by atoms with E-state index in [1.165, 1.54) is 10.3 Å². The molecule has 1 fully saturated rings. The van der Waals surface area contributed by atoms with Gasteiger partial charge in [0.05, 0.1) is 19.1 Å². The Morgan fingerprint density at radius 2 is 1.77 bits per heavy atom. The molecule has 6 heteroatoms. The zero-order valence-corrected chi connectivity index (χ0v) is 17.8. The molecule has 1 aliphatic rings. The first-order valence-corrected chi connectivity index (χ1v) is 10.6. The number of fused-ring (bicyclic) bond motifs is 1. The van der Waals surface area contributed by atoms with Crippen LogP contribution in [0.3, 0.4) is 0 Å². The van der Waals surface area contributed by atoms with Gasteiger partial charge in [0, 0.05) is 26.6 Å². The molecule has 0 bridgehead atoms. The zero-order chi connectivity index (χ0) is 21.5. The maximum Gasteiger partial charge on any atom is 0.309 e. The van der Waals surface area contributed by atoms with Gasteiger partial charge in [-0.05, 0) is 42.5 Å². The van der Waals surface area contributed by atoms with Crippen LogP contribution in [0.1, 0.15) is 31.7 Å². The third-order valence-electron chi connectivity index (χ3n) is 5.71. The van der Waals surface area contributed by atoms with Crippen molar-refractivity contribution in [1.82, 2.24) is 9.80 Å². The van der Waals surface area contributed by atoms with E-state index in [0.29, 0.717) is 45.4 Å². The van der Waals surface area contributed by atoms with Gasteiger partial charge in [-0.1, -0.05) is 42.5 Å². The lowest BCUT2D eigenvalue weighted by Crippen LogP contribution is -2.45. The highest BCUT2D eigenvalue weighted by molar-refractivity contribution is 5.85. The third kappa shape index (κ3) is 5.59. The van der Waals surface area contributed by atoms with Crippen LogP contribution in [0.25, 0.3) is 10.8 Å². The number of likely N-dealkylation sites (tertiary alicyclic amines) is 1. The number of carbonyl (C=O) groups is 3. The minimum atomic E-state index is -0.175. The van der Waals surface area contributed by atoms with Crippen LogP contribution in [0, 0.1) is 5.92 Å². The van der Waals surface area contributed by atoms with E-state index in [9.17, 15) is 14.4 Å². The van der Waals surface area contributed by atoms with Crippen LogP contribution >= 0.6 is 0 Å². The number of esters is 1. The summed E-state index contributed by atoms with van der Waals surface area (Å²) >= 11 is 0. The number of aryl methyl sites for hydroxylation is 1. The van der Waals surface area contributed by atoms with E-state index in [1.54, 1.807) is 18.9 Å². The van der Waals surface area contributed by atoms with Gasteiger partial charge in [0.25, 0.3) is 0 Å². The number of piperidine rings is 1. The summed E-state index contributed by atoms with van der Waals surface area (Å²) in [7, 11) is 1.67. The summed E-state index contributed by atoms with van der Waals surface area (Å²) in [5.74, 6) is -0.419. The van der Waals surface area contributed by atoms with Gasteiger partial charge in [0.1, 0.15) is 0 Å². The van der Waals surface area contributed by atoms with Gasteiger partial charge in [-0.2, -0.15) is 0 Å². The number of nitrogens with zero attached hydrogens (tertiary/aromatic N) is 2. The quantitative estimate of drug-likeness (QED) is 0.658. The second kappa shape index (κ2) is 10.2. The predicted molar refractivity (Wildman–Crippen MR) is 116 cm³/mol. The van der Waals surface area contributed by atoms with Crippen molar-refractivity contribution in [3.8, 4) is 0 Å². The first-order valence-electron chi connectivity index (χ1n) is 10.6. The zero-order valence-electron chi connectivity index (χ0n) is 17.8. The highest BCUT2D eigenvalue weighted by Crippen LogP contribution is 2.19. The van der Waals surface area contributed by atoms with Crippen molar-refractivity contribution in [2.45, 2.75) is 32.6 Å². The van der Waals surface area contributed by atoms with E-state index in [2.05, 4.69) is 30.3 Å². The van der Waals surface area contributed by atoms with Crippen LogP contribution in [0.4, 0.5) is 0 Å². The Kier molecular flexibility index (Phi) is 7.44. The van der Waals surface area contributed by atoms with Crippen LogP contribution < -0.4 is 0 Å². The number of hydrogen-bond acceptors (Lipinski definition) is 4. The van der Waals surface area contributed by atoms with Crippen molar-refractivity contribution in [3.05, 3.63) is 48.0 Å². The summed E-state index contributed by atoms with van der Waals surface area (Å²) in [5, 5.41) is 2.35. The van der Waals surface area contributed by atoms with E-state index >= 15 is 0 Å². The largest absolute Gasteiger partial charge is 0.466 e. The van der Waals surface area contributed by atoms with Crippen molar-refractivity contribution in [3.63, 3.8) is 0 Å². The smallest absolute Gasteiger partial charge is 0.309 e. The number of amides is 2. The molecule has 1 heterocycles. The molecule has 0 radical (unpaired) electrons. The molecule has 0 spiro atoms. The van der Waals surface area contributed by atoms with Gasteiger partial charge in [-0.25, -0.2) is 0 Å². The molecule has 0 aromatic heterocycles. The van der Waals surface area contributed by atoms with Gasteiger partial charge in [0.15, 0.2) is 0 Å². The fraction of sp³-hybridized carbons (Fsp3) is 0.458. The number of likely N-dealkylation sites (N-methyl/N-ethyl adjacent to an activating group) is 1. The van der Waals surface area contributed by atoms with E-state index in [1.807, 2.05) is 12.1 Å². The van der Waals surface area contributed by atoms with Crippen LogP contribution in [-0.4, -0.2) is 60.9 Å². The summed E-state index contributed by atoms with van der Waals surface area (Å²) in [6.45, 7) is 3.30. The standard InChI is InChI=1S/C24H30N2O4/c1-3-30-24(29)20-12-14-26(15-13-20)23(28)17-25(2)22(27)11-9-18-8-10-19-6-4-5-7-21(19)16-18/h4-8,10,16,20H,3,9,11-15,17H2,1-2H3. The van der Waals surface area contributed by atoms with Gasteiger partial charge in [-0.15, -0.1) is 0 Å². The second-order valence-corrected chi connectivity index (χ2v) is 7.84. The van der Waals surface area contributed by atoms with Crippen LogP contribution in [0.5, 0.6) is 0 Å². The molecule has 2 aromatic carbocycles. The fourth-order valence-electron chi connectivity index (χ4n) is 3.85. The van der Waals surface area contributed by atoms with Crippen LogP contribution in [0.15, 0.2) is 42.5 Å². The van der Waals surface area contributed by atoms with Crippen molar-refractivity contribution in [2.24, 2.45) is 5.92 Å². The minimum Gasteiger partial charge on any atom is -0.466 e. The van der Waals surface area contributed by atoms with Crippen molar-refractivity contribution in [1.29, 1.82) is 0 Å².